The zero-order valence-electron chi connectivity index (χ0n) is 9.14. The van der Waals surface area contributed by atoms with Gasteiger partial charge in [-0.25, -0.2) is 0 Å². The predicted octanol–water partition coefficient (Wildman–Crippen LogP) is 2.40. The molecule has 0 saturated carbocycles. The van der Waals surface area contributed by atoms with Crippen LogP contribution in [0.5, 0.6) is 5.75 Å². The van der Waals surface area contributed by atoms with Gasteiger partial charge in [0.15, 0.2) is 0 Å². The Morgan fingerprint density at radius 3 is 3.12 bits per heavy atom. The highest BCUT2D eigenvalue weighted by Crippen LogP contribution is 2.27. The van der Waals surface area contributed by atoms with Crippen molar-refractivity contribution >= 4 is 10.9 Å². The smallest absolute Gasteiger partial charge is 0.123 e. The van der Waals surface area contributed by atoms with Gasteiger partial charge in [0, 0.05) is 17.6 Å². The fraction of sp³-hybridized carbons (Fsp3) is 0.308. The van der Waals surface area contributed by atoms with Crippen LogP contribution in [0, 0.1) is 0 Å². The van der Waals surface area contributed by atoms with Gasteiger partial charge in [0.1, 0.15) is 18.0 Å². The first-order valence-corrected chi connectivity index (χ1v) is 5.37. The monoisotopic (exact) mass is 215 g/mol. The molecule has 1 unspecified atom stereocenters. The van der Waals surface area contributed by atoms with Crippen LogP contribution in [0.1, 0.15) is 6.92 Å². The zero-order valence-corrected chi connectivity index (χ0v) is 9.14. The molecule has 2 aromatic rings. The van der Waals surface area contributed by atoms with Crippen LogP contribution in [0.25, 0.3) is 10.9 Å². The standard InChI is InChI=1S/C13H13NO2/c1-13(9-16-13)8-15-11-5-4-10-3-2-6-14-12(10)7-11/h2-7H,8-9H2,1H3. The van der Waals surface area contributed by atoms with Crippen molar-refractivity contribution in [3.8, 4) is 5.75 Å². The van der Waals surface area contributed by atoms with Crippen molar-refractivity contribution in [1.82, 2.24) is 4.98 Å². The molecule has 3 heteroatoms. The van der Waals surface area contributed by atoms with Crippen LogP contribution in [0.4, 0.5) is 0 Å². The lowest BCUT2D eigenvalue weighted by molar-refractivity contribution is 0.202. The Balaban J connectivity index is 1.81. The maximum absolute atomic E-state index is 5.68. The number of hydrogen-bond donors (Lipinski definition) is 0. The number of benzene rings is 1. The molecule has 0 bridgehead atoms. The van der Waals surface area contributed by atoms with Crippen LogP contribution in [0.2, 0.25) is 0 Å². The third-order valence-corrected chi connectivity index (χ3v) is 2.76. The van der Waals surface area contributed by atoms with E-state index in [0.717, 1.165) is 23.3 Å². The Labute approximate surface area is 94.0 Å². The van der Waals surface area contributed by atoms with Crippen LogP contribution in [0.15, 0.2) is 36.5 Å². The fourth-order valence-corrected chi connectivity index (χ4v) is 1.58. The zero-order chi connectivity index (χ0) is 11.0. The van der Waals surface area contributed by atoms with Gasteiger partial charge in [-0.2, -0.15) is 0 Å². The third-order valence-electron chi connectivity index (χ3n) is 2.76. The van der Waals surface area contributed by atoms with Crippen LogP contribution < -0.4 is 4.74 Å². The lowest BCUT2D eigenvalue weighted by Crippen LogP contribution is -2.16. The SMILES string of the molecule is CC1(COc2ccc3cccnc3c2)CO1. The van der Waals surface area contributed by atoms with Gasteiger partial charge in [-0.1, -0.05) is 6.07 Å². The van der Waals surface area contributed by atoms with Gasteiger partial charge >= 0.3 is 0 Å². The first-order chi connectivity index (χ1) is 7.75. The molecule has 3 rings (SSSR count). The van der Waals surface area contributed by atoms with Gasteiger partial charge in [0.2, 0.25) is 0 Å². The predicted molar refractivity (Wildman–Crippen MR) is 61.6 cm³/mol. The van der Waals surface area contributed by atoms with Crippen molar-refractivity contribution in [2.45, 2.75) is 12.5 Å². The second-order valence-electron chi connectivity index (χ2n) is 4.39. The van der Waals surface area contributed by atoms with Crippen LogP contribution in [0.3, 0.4) is 0 Å². The van der Waals surface area contributed by atoms with E-state index in [9.17, 15) is 0 Å². The van der Waals surface area contributed by atoms with Crippen LogP contribution in [-0.2, 0) is 4.74 Å². The second kappa shape index (κ2) is 3.46. The van der Waals surface area contributed by atoms with Gasteiger partial charge in [0.05, 0.1) is 12.1 Å². The molecule has 1 fully saturated rings. The Morgan fingerprint density at radius 2 is 2.31 bits per heavy atom. The van der Waals surface area contributed by atoms with E-state index >= 15 is 0 Å². The molecule has 0 aliphatic carbocycles. The number of pyridine rings is 1. The maximum atomic E-state index is 5.68. The Bertz CT molecular complexity index is 520. The maximum Gasteiger partial charge on any atom is 0.123 e. The molecule has 3 nitrogen and oxygen atoms in total. The highest BCUT2D eigenvalue weighted by atomic mass is 16.6. The van der Waals surface area contributed by atoms with Crippen molar-refractivity contribution in [2.24, 2.45) is 0 Å². The highest BCUT2D eigenvalue weighted by Gasteiger charge is 2.40. The lowest BCUT2D eigenvalue weighted by Gasteiger charge is -2.09. The summed E-state index contributed by atoms with van der Waals surface area (Å²) in [6.07, 6.45) is 1.79. The summed E-state index contributed by atoms with van der Waals surface area (Å²) < 4.78 is 10.9. The largest absolute Gasteiger partial charge is 0.490 e. The summed E-state index contributed by atoms with van der Waals surface area (Å²) in [5, 5.41) is 1.13. The topological polar surface area (TPSA) is 34.6 Å². The minimum Gasteiger partial charge on any atom is -0.490 e. The molecule has 1 saturated heterocycles. The first kappa shape index (κ1) is 9.60. The van der Waals surface area contributed by atoms with E-state index in [4.69, 9.17) is 9.47 Å². The molecule has 0 amide bonds. The van der Waals surface area contributed by atoms with Crippen LogP contribution in [-0.4, -0.2) is 23.8 Å². The molecule has 16 heavy (non-hydrogen) atoms. The minimum absolute atomic E-state index is 0.0704. The lowest BCUT2D eigenvalue weighted by atomic mass is 10.2. The van der Waals surface area contributed by atoms with Gasteiger partial charge in [-0.05, 0) is 25.1 Å². The van der Waals surface area contributed by atoms with E-state index in [-0.39, 0.29) is 5.60 Å². The van der Waals surface area contributed by atoms with E-state index in [2.05, 4.69) is 4.98 Å². The summed E-state index contributed by atoms with van der Waals surface area (Å²) in [4.78, 5) is 4.29. The molecule has 1 aliphatic heterocycles. The molecule has 0 radical (unpaired) electrons. The molecule has 1 aromatic carbocycles. The van der Waals surface area contributed by atoms with Crippen molar-refractivity contribution in [3.63, 3.8) is 0 Å². The normalized spacial score (nSPS) is 23.3. The summed E-state index contributed by atoms with van der Waals surface area (Å²) in [7, 11) is 0. The van der Waals surface area contributed by atoms with E-state index in [1.54, 1.807) is 6.20 Å². The second-order valence-corrected chi connectivity index (χ2v) is 4.39. The quantitative estimate of drug-likeness (QED) is 0.737. The Kier molecular flexibility index (Phi) is 2.07. The molecule has 82 valence electrons. The summed E-state index contributed by atoms with van der Waals surface area (Å²) in [5.74, 6) is 0.850. The first-order valence-electron chi connectivity index (χ1n) is 5.37. The summed E-state index contributed by atoms with van der Waals surface area (Å²) >= 11 is 0. The van der Waals surface area contributed by atoms with Gasteiger partial charge in [-0.15, -0.1) is 0 Å². The van der Waals surface area contributed by atoms with E-state index < -0.39 is 0 Å². The van der Waals surface area contributed by atoms with Gasteiger partial charge < -0.3 is 9.47 Å². The summed E-state index contributed by atoms with van der Waals surface area (Å²) in [6, 6.07) is 9.92. The number of aromatic nitrogens is 1. The van der Waals surface area contributed by atoms with Crippen molar-refractivity contribution in [1.29, 1.82) is 0 Å². The molecular formula is C13H13NO2. The van der Waals surface area contributed by atoms with Crippen molar-refractivity contribution in [2.75, 3.05) is 13.2 Å². The van der Waals surface area contributed by atoms with Gasteiger partial charge in [-0.3, -0.25) is 4.98 Å². The highest BCUT2D eigenvalue weighted by molar-refractivity contribution is 5.79. The van der Waals surface area contributed by atoms with Gasteiger partial charge in [0.25, 0.3) is 0 Å². The number of ether oxygens (including phenoxy) is 2. The van der Waals surface area contributed by atoms with Crippen LogP contribution >= 0.6 is 0 Å². The van der Waals surface area contributed by atoms with E-state index in [0.29, 0.717) is 6.61 Å². The Morgan fingerprint density at radius 1 is 1.44 bits per heavy atom. The average Bonchev–Trinajstić information content (AvgIpc) is 3.05. The van der Waals surface area contributed by atoms with E-state index in [1.165, 1.54) is 0 Å². The molecule has 2 heterocycles. The molecule has 1 aromatic heterocycles. The molecule has 0 spiro atoms. The van der Waals surface area contributed by atoms with Crippen molar-refractivity contribution in [3.05, 3.63) is 36.5 Å². The molecular weight excluding hydrogens is 202 g/mol. The fourth-order valence-electron chi connectivity index (χ4n) is 1.58. The number of nitrogens with zero attached hydrogens (tertiary/aromatic N) is 1. The average molecular weight is 215 g/mol. The molecule has 0 N–H and O–H groups in total. The molecule has 1 aliphatic rings. The summed E-state index contributed by atoms with van der Waals surface area (Å²) in [5.41, 5.74) is 0.890. The van der Waals surface area contributed by atoms with Crippen molar-refractivity contribution < 1.29 is 9.47 Å². The third kappa shape index (κ3) is 1.86. The number of hydrogen-bond acceptors (Lipinski definition) is 3. The Hall–Kier alpha value is -1.61. The number of rotatable bonds is 3. The molecule has 1 atom stereocenters. The minimum atomic E-state index is -0.0704. The van der Waals surface area contributed by atoms with E-state index in [1.807, 2.05) is 37.3 Å². The number of fused-ring (bicyclic) bond motifs is 1. The summed E-state index contributed by atoms with van der Waals surface area (Å²) in [6.45, 7) is 3.44. The number of epoxide rings is 1.